The summed E-state index contributed by atoms with van der Waals surface area (Å²) in [6.45, 7) is 6.26. The average Bonchev–Trinajstić information content (AvgIpc) is 2.80. The second-order valence-electron chi connectivity index (χ2n) is 3.37. The molecule has 0 amide bonds. The summed E-state index contributed by atoms with van der Waals surface area (Å²) in [6, 6.07) is 8.17. The first kappa shape index (κ1) is 9.77. The maximum atomic E-state index is 4.41. The Bertz CT molecular complexity index is 382. The van der Waals surface area contributed by atoms with Crippen LogP contribution in [0.4, 0.5) is 5.69 Å². The molecule has 3 nitrogen and oxygen atoms in total. The standard InChI is InChI=1S/C12H15N3/c1-2-7-13-11-6-4-3-5-10(11)12-14-8-9-15-12/h2-6,13H,1,7-9H2,(H,14,15). The Morgan fingerprint density at radius 1 is 1.47 bits per heavy atom. The van der Waals surface area contributed by atoms with E-state index >= 15 is 0 Å². The molecule has 1 aliphatic heterocycles. The highest BCUT2D eigenvalue weighted by Crippen LogP contribution is 2.16. The van der Waals surface area contributed by atoms with Crippen LogP contribution in [0.15, 0.2) is 41.9 Å². The van der Waals surface area contributed by atoms with E-state index in [1.165, 1.54) is 0 Å². The SMILES string of the molecule is C=CCNc1ccccc1C1=NCCN1. The predicted octanol–water partition coefficient (Wildman–Crippen LogP) is 1.63. The van der Waals surface area contributed by atoms with Crippen LogP contribution < -0.4 is 10.6 Å². The number of para-hydroxylation sites is 1. The number of anilines is 1. The zero-order valence-corrected chi connectivity index (χ0v) is 8.66. The van der Waals surface area contributed by atoms with E-state index in [2.05, 4.69) is 34.3 Å². The van der Waals surface area contributed by atoms with E-state index in [9.17, 15) is 0 Å². The summed E-state index contributed by atoms with van der Waals surface area (Å²) in [5, 5.41) is 6.57. The molecular formula is C12H15N3. The van der Waals surface area contributed by atoms with Crippen LogP contribution in [0.3, 0.4) is 0 Å². The van der Waals surface area contributed by atoms with E-state index in [0.29, 0.717) is 0 Å². The molecule has 0 aliphatic carbocycles. The van der Waals surface area contributed by atoms with Gasteiger partial charge in [-0.15, -0.1) is 6.58 Å². The lowest BCUT2D eigenvalue weighted by Gasteiger charge is -2.10. The first-order valence-electron chi connectivity index (χ1n) is 5.14. The topological polar surface area (TPSA) is 36.4 Å². The Kier molecular flexibility index (Phi) is 3.02. The van der Waals surface area contributed by atoms with E-state index < -0.39 is 0 Å². The number of nitrogens with one attached hydrogen (secondary N) is 2. The molecule has 3 heteroatoms. The number of hydrogen-bond donors (Lipinski definition) is 2. The van der Waals surface area contributed by atoms with Crippen LogP contribution in [0.2, 0.25) is 0 Å². The molecule has 0 aromatic heterocycles. The third-order valence-corrected chi connectivity index (χ3v) is 2.29. The predicted molar refractivity (Wildman–Crippen MR) is 64.5 cm³/mol. The molecule has 2 N–H and O–H groups in total. The molecule has 0 saturated heterocycles. The summed E-state index contributed by atoms with van der Waals surface area (Å²) >= 11 is 0. The van der Waals surface area contributed by atoms with Crippen LogP contribution >= 0.6 is 0 Å². The van der Waals surface area contributed by atoms with Gasteiger partial charge in [-0.3, -0.25) is 4.99 Å². The van der Waals surface area contributed by atoms with Gasteiger partial charge >= 0.3 is 0 Å². The van der Waals surface area contributed by atoms with Gasteiger partial charge in [0.25, 0.3) is 0 Å². The van der Waals surface area contributed by atoms with Gasteiger partial charge in [-0.2, -0.15) is 0 Å². The Morgan fingerprint density at radius 3 is 3.07 bits per heavy atom. The summed E-state index contributed by atoms with van der Waals surface area (Å²) < 4.78 is 0. The zero-order chi connectivity index (χ0) is 10.5. The first-order chi connectivity index (χ1) is 7.42. The van der Waals surface area contributed by atoms with E-state index in [4.69, 9.17) is 0 Å². The molecule has 15 heavy (non-hydrogen) atoms. The van der Waals surface area contributed by atoms with E-state index in [-0.39, 0.29) is 0 Å². The number of hydrogen-bond acceptors (Lipinski definition) is 3. The summed E-state index contributed by atoms with van der Waals surface area (Å²) in [5.74, 6) is 0.988. The van der Waals surface area contributed by atoms with Gasteiger partial charge in [0.15, 0.2) is 0 Å². The number of amidine groups is 1. The molecule has 0 radical (unpaired) electrons. The lowest BCUT2D eigenvalue weighted by molar-refractivity contribution is 0.960. The van der Waals surface area contributed by atoms with E-state index in [0.717, 1.165) is 36.7 Å². The van der Waals surface area contributed by atoms with Gasteiger partial charge in [-0.25, -0.2) is 0 Å². The van der Waals surface area contributed by atoms with E-state index in [1.807, 2.05) is 18.2 Å². The van der Waals surface area contributed by atoms with Crippen LogP contribution in [0.25, 0.3) is 0 Å². The monoisotopic (exact) mass is 201 g/mol. The van der Waals surface area contributed by atoms with Crippen molar-refractivity contribution in [3.63, 3.8) is 0 Å². The highest BCUT2D eigenvalue weighted by Gasteiger charge is 2.10. The van der Waals surface area contributed by atoms with Crippen molar-refractivity contribution >= 4 is 11.5 Å². The third kappa shape index (κ3) is 2.18. The molecule has 1 aromatic rings. The van der Waals surface area contributed by atoms with Crippen LogP contribution in [-0.4, -0.2) is 25.5 Å². The highest BCUT2D eigenvalue weighted by molar-refractivity contribution is 6.04. The molecule has 0 spiro atoms. The van der Waals surface area contributed by atoms with Gasteiger partial charge in [-0.1, -0.05) is 18.2 Å². The Balaban J connectivity index is 2.24. The van der Waals surface area contributed by atoms with Crippen LogP contribution in [0, 0.1) is 0 Å². The first-order valence-corrected chi connectivity index (χ1v) is 5.14. The Morgan fingerprint density at radius 2 is 2.33 bits per heavy atom. The summed E-state index contributed by atoms with van der Waals surface area (Å²) in [6.07, 6.45) is 1.85. The molecule has 0 bridgehead atoms. The number of rotatable bonds is 4. The number of benzene rings is 1. The lowest BCUT2D eigenvalue weighted by atomic mass is 10.1. The maximum Gasteiger partial charge on any atom is 0.130 e. The highest BCUT2D eigenvalue weighted by atomic mass is 15.1. The van der Waals surface area contributed by atoms with Crippen molar-refractivity contribution in [2.24, 2.45) is 4.99 Å². The molecule has 0 saturated carbocycles. The van der Waals surface area contributed by atoms with Crippen LogP contribution in [0.1, 0.15) is 5.56 Å². The summed E-state index contributed by atoms with van der Waals surface area (Å²) in [7, 11) is 0. The quantitative estimate of drug-likeness (QED) is 0.726. The van der Waals surface area contributed by atoms with Gasteiger partial charge in [0.1, 0.15) is 5.84 Å². The van der Waals surface area contributed by atoms with Crippen molar-refractivity contribution < 1.29 is 0 Å². The van der Waals surface area contributed by atoms with Crippen molar-refractivity contribution in [3.8, 4) is 0 Å². The fourth-order valence-electron chi connectivity index (χ4n) is 1.60. The molecule has 78 valence electrons. The fraction of sp³-hybridized carbons (Fsp3) is 0.250. The minimum absolute atomic E-state index is 0.768. The van der Waals surface area contributed by atoms with Gasteiger partial charge in [0.2, 0.25) is 0 Å². The van der Waals surface area contributed by atoms with Crippen molar-refractivity contribution in [2.75, 3.05) is 25.0 Å². The molecule has 1 heterocycles. The normalized spacial score (nSPS) is 14.3. The third-order valence-electron chi connectivity index (χ3n) is 2.29. The van der Waals surface area contributed by atoms with Crippen molar-refractivity contribution in [1.29, 1.82) is 0 Å². The van der Waals surface area contributed by atoms with Crippen LogP contribution in [0.5, 0.6) is 0 Å². The second-order valence-corrected chi connectivity index (χ2v) is 3.37. The van der Waals surface area contributed by atoms with Crippen LogP contribution in [-0.2, 0) is 0 Å². The molecule has 0 fully saturated rings. The minimum atomic E-state index is 0.768. The Hall–Kier alpha value is -1.77. The minimum Gasteiger partial charge on any atom is -0.381 e. The van der Waals surface area contributed by atoms with Gasteiger partial charge in [0.05, 0.1) is 6.54 Å². The Labute approximate surface area is 89.9 Å². The smallest absolute Gasteiger partial charge is 0.130 e. The van der Waals surface area contributed by atoms with Crippen molar-refractivity contribution in [1.82, 2.24) is 5.32 Å². The lowest BCUT2D eigenvalue weighted by Crippen LogP contribution is -2.20. The number of aliphatic imine (C=N–C) groups is 1. The van der Waals surface area contributed by atoms with Gasteiger partial charge in [0, 0.05) is 24.3 Å². The zero-order valence-electron chi connectivity index (χ0n) is 8.66. The van der Waals surface area contributed by atoms with Gasteiger partial charge < -0.3 is 10.6 Å². The molecule has 1 aliphatic rings. The van der Waals surface area contributed by atoms with Crippen molar-refractivity contribution in [3.05, 3.63) is 42.5 Å². The largest absolute Gasteiger partial charge is 0.381 e. The molecule has 0 atom stereocenters. The molecular weight excluding hydrogens is 186 g/mol. The maximum absolute atomic E-state index is 4.41. The second kappa shape index (κ2) is 4.64. The van der Waals surface area contributed by atoms with Crippen molar-refractivity contribution in [2.45, 2.75) is 0 Å². The molecule has 0 unspecified atom stereocenters. The van der Waals surface area contributed by atoms with Gasteiger partial charge in [-0.05, 0) is 12.1 Å². The number of nitrogens with zero attached hydrogens (tertiary/aromatic N) is 1. The fourth-order valence-corrected chi connectivity index (χ4v) is 1.60. The van der Waals surface area contributed by atoms with E-state index in [1.54, 1.807) is 0 Å². The summed E-state index contributed by atoms with van der Waals surface area (Å²) in [4.78, 5) is 4.41. The molecule has 1 aromatic carbocycles. The summed E-state index contributed by atoms with van der Waals surface area (Å²) in [5.41, 5.74) is 2.24. The molecule has 2 rings (SSSR count). The average molecular weight is 201 g/mol.